The Hall–Kier alpha value is -0.800. The van der Waals surface area contributed by atoms with Gasteiger partial charge in [-0.05, 0) is 48.9 Å². The Morgan fingerprint density at radius 3 is 1.80 bits per heavy atom. The highest BCUT2D eigenvalue weighted by atomic mass is 79.9. The molecule has 3 rings (SSSR count). The highest BCUT2D eigenvalue weighted by Crippen LogP contribution is 2.39. The molecule has 2 aromatic carbocycles. The quantitative estimate of drug-likeness (QED) is 0.331. The normalized spacial score (nSPS) is 12.4. The molecular weight excluding hydrogens is 438 g/mol. The zero-order valence-electron chi connectivity index (χ0n) is 15.4. The number of unbranched alkanes of at least 4 members (excludes halogenated alkanes) is 1. The topological polar surface area (TPSA) is 4.93 Å². The van der Waals surface area contributed by atoms with E-state index in [4.69, 9.17) is 0 Å². The Bertz CT molecular complexity index is 815. The van der Waals surface area contributed by atoms with E-state index < -0.39 is 0 Å². The summed E-state index contributed by atoms with van der Waals surface area (Å²) in [4.78, 5) is 0. The molecule has 1 heterocycles. The number of aromatic nitrogens is 1. The first kappa shape index (κ1) is 19.0. The Labute approximate surface area is 168 Å². The SMILES string of the molecule is CCCCC(CC)(CC)Cn1c2cc(Br)ccc2c2ccc(Br)cc21. The van der Waals surface area contributed by atoms with E-state index in [-0.39, 0.29) is 0 Å². The van der Waals surface area contributed by atoms with Gasteiger partial charge < -0.3 is 4.57 Å². The Morgan fingerprint density at radius 1 is 0.840 bits per heavy atom. The maximum absolute atomic E-state index is 3.67. The van der Waals surface area contributed by atoms with Gasteiger partial charge in [0, 0.05) is 26.3 Å². The van der Waals surface area contributed by atoms with Crippen LogP contribution in [0.15, 0.2) is 45.3 Å². The molecule has 0 radical (unpaired) electrons. The summed E-state index contributed by atoms with van der Waals surface area (Å²) in [5.74, 6) is 0. The van der Waals surface area contributed by atoms with E-state index in [2.05, 4.69) is 93.6 Å². The van der Waals surface area contributed by atoms with E-state index >= 15 is 0 Å². The number of fused-ring (bicyclic) bond motifs is 3. The molecule has 0 bridgehead atoms. The molecule has 25 heavy (non-hydrogen) atoms. The minimum Gasteiger partial charge on any atom is -0.340 e. The molecule has 0 fully saturated rings. The number of benzene rings is 2. The van der Waals surface area contributed by atoms with Crippen molar-refractivity contribution >= 4 is 53.7 Å². The van der Waals surface area contributed by atoms with Gasteiger partial charge in [-0.25, -0.2) is 0 Å². The third-order valence-corrected chi connectivity index (χ3v) is 6.83. The fourth-order valence-electron chi connectivity index (χ4n) is 4.01. The number of hydrogen-bond donors (Lipinski definition) is 0. The minimum atomic E-state index is 0.375. The molecule has 1 nitrogen and oxygen atoms in total. The predicted octanol–water partition coefficient (Wildman–Crippen LogP) is 8.32. The van der Waals surface area contributed by atoms with Crippen LogP contribution in [0, 0.1) is 5.41 Å². The summed E-state index contributed by atoms with van der Waals surface area (Å²) in [6.45, 7) is 8.11. The second-order valence-corrected chi connectivity index (χ2v) is 9.05. The van der Waals surface area contributed by atoms with Crippen LogP contribution < -0.4 is 0 Å². The van der Waals surface area contributed by atoms with Crippen molar-refractivity contribution in [2.75, 3.05) is 0 Å². The van der Waals surface area contributed by atoms with Crippen LogP contribution >= 0.6 is 31.9 Å². The lowest BCUT2D eigenvalue weighted by atomic mass is 9.77. The van der Waals surface area contributed by atoms with Gasteiger partial charge in [0.25, 0.3) is 0 Å². The highest BCUT2D eigenvalue weighted by molar-refractivity contribution is 9.10. The van der Waals surface area contributed by atoms with Crippen LogP contribution in [0.5, 0.6) is 0 Å². The van der Waals surface area contributed by atoms with Crippen LogP contribution in [0.4, 0.5) is 0 Å². The first-order chi connectivity index (χ1) is 12.0. The van der Waals surface area contributed by atoms with E-state index in [0.29, 0.717) is 5.41 Å². The Kier molecular flexibility index (Phi) is 5.95. The zero-order chi connectivity index (χ0) is 18.0. The van der Waals surface area contributed by atoms with Crippen LogP contribution in [0.25, 0.3) is 21.8 Å². The summed E-state index contributed by atoms with van der Waals surface area (Å²) in [7, 11) is 0. The first-order valence-corrected chi connectivity index (χ1v) is 11.0. The maximum Gasteiger partial charge on any atom is 0.0502 e. The van der Waals surface area contributed by atoms with Crippen LogP contribution in [0.3, 0.4) is 0 Å². The van der Waals surface area contributed by atoms with E-state index in [1.54, 1.807) is 0 Å². The van der Waals surface area contributed by atoms with Crippen molar-refractivity contribution in [1.29, 1.82) is 0 Å². The fourth-order valence-corrected chi connectivity index (χ4v) is 4.70. The van der Waals surface area contributed by atoms with Crippen molar-refractivity contribution in [3.8, 4) is 0 Å². The van der Waals surface area contributed by atoms with Crippen molar-refractivity contribution in [2.45, 2.75) is 59.4 Å². The van der Waals surface area contributed by atoms with Crippen molar-refractivity contribution in [2.24, 2.45) is 5.41 Å². The van der Waals surface area contributed by atoms with E-state index in [1.165, 1.54) is 53.9 Å². The number of halogens is 2. The Balaban J connectivity index is 2.21. The molecule has 0 atom stereocenters. The highest BCUT2D eigenvalue weighted by Gasteiger charge is 2.27. The largest absolute Gasteiger partial charge is 0.340 e. The van der Waals surface area contributed by atoms with Crippen LogP contribution in [-0.4, -0.2) is 4.57 Å². The predicted molar refractivity (Wildman–Crippen MR) is 117 cm³/mol. The second kappa shape index (κ2) is 7.84. The van der Waals surface area contributed by atoms with Gasteiger partial charge in [0.05, 0.1) is 11.0 Å². The summed E-state index contributed by atoms with van der Waals surface area (Å²) >= 11 is 7.34. The lowest BCUT2D eigenvalue weighted by Crippen LogP contribution is -2.25. The zero-order valence-corrected chi connectivity index (χ0v) is 18.6. The van der Waals surface area contributed by atoms with Gasteiger partial charge >= 0.3 is 0 Å². The molecule has 0 aliphatic carbocycles. The molecule has 3 heteroatoms. The molecule has 0 amide bonds. The summed E-state index contributed by atoms with van der Waals surface area (Å²) in [6, 6.07) is 13.4. The van der Waals surface area contributed by atoms with Crippen molar-refractivity contribution in [1.82, 2.24) is 4.57 Å². The molecule has 0 unspecified atom stereocenters. The first-order valence-electron chi connectivity index (χ1n) is 9.40. The van der Waals surface area contributed by atoms with Gasteiger partial charge in [0.15, 0.2) is 0 Å². The van der Waals surface area contributed by atoms with Gasteiger partial charge in [0.2, 0.25) is 0 Å². The molecule has 0 aliphatic rings. The number of rotatable bonds is 7. The molecule has 0 saturated heterocycles. The van der Waals surface area contributed by atoms with Gasteiger partial charge in [-0.3, -0.25) is 0 Å². The van der Waals surface area contributed by atoms with Crippen molar-refractivity contribution in [3.05, 3.63) is 45.3 Å². The molecule has 134 valence electrons. The van der Waals surface area contributed by atoms with Crippen LogP contribution in [0.2, 0.25) is 0 Å². The van der Waals surface area contributed by atoms with Gasteiger partial charge in [-0.15, -0.1) is 0 Å². The number of nitrogens with zero attached hydrogens (tertiary/aromatic N) is 1. The lowest BCUT2D eigenvalue weighted by molar-refractivity contribution is 0.198. The molecule has 1 aromatic heterocycles. The third-order valence-electron chi connectivity index (χ3n) is 5.85. The van der Waals surface area contributed by atoms with Crippen molar-refractivity contribution in [3.63, 3.8) is 0 Å². The summed E-state index contributed by atoms with van der Waals surface area (Å²) in [5.41, 5.74) is 3.05. The van der Waals surface area contributed by atoms with Gasteiger partial charge in [-0.2, -0.15) is 0 Å². The minimum absolute atomic E-state index is 0.375. The average Bonchev–Trinajstić information content (AvgIpc) is 2.90. The molecule has 0 spiro atoms. The lowest BCUT2D eigenvalue weighted by Gasteiger charge is -2.33. The molecule has 0 aliphatic heterocycles. The molecule has 3 aromatic rings. The van der Waals surface area contributed by atoms with E-state index in [1.807, 2.05) is 0 Å². The van der Waals surface area contributed by atoms with Gasteiger partial charge in [0.1, 0.15) is 0 Å². The smallest absolute Gasteiger partial charge is 0.0502 e. The maximum atomic E-state index is 3.67. The van der Waals surface area contributed by atoms with Gasteiger partial charge in [-0.1, -0.05) is 77.6 Å². The Morgan fingerprint density at radius 2 is 1.36 bits per heavy atom. The van der Waals surface area contributed by atoms with E-state index in [9.17, 15) is 0 Å². The molecular formula is C22H27Br2N. The third kappa shape index (κ3) is 3.68. The fraction of sp³-hybridized carbons (Fsp3) is 0.455. The summed E-state index contributed by atoms with van der Waals surface area (Å²) < 4.78 is 4.86. The van der Waals surface area contributed by atoms with Crippen molar-refractivity contribution < 1.29 is 0 Å². The average molecular weight is 465 g/mol. The molecule has 0 N–H and O–H groups in total. The molecule has 0 saturated carbocycles. The monoisotopic (exact) mass is 463 g/mol. The second-order valence-electron chi connectivity index (χ2n) is 7.22. The number of hydrogen-bond acceptors (Lipinski definition) is 0. The van der Waals surface area contributed by atoms with E-state index in [0.717, 1.165) is 15.5 Å². The standard InChI is InChI=1S/C22H27Br2N/c1-4-7-12-22(5-2,6-3)15-25-20-13-16(23)8-10-18(20)19-11-9-17(24)14-21(19)25/h8-11,13-14H,4-7,12,15H2,1-3H3. The van der Waals surface area contributed by atoms with Crippen LogP contribution in [0.1, 0.15) is 52.9 Å². The van der Waals surface area contributed by atoms with Crippen LogP contribution in [-0.2, 0) is 6.54 Å². The summed E-state index contributed by atoms with van der Waals surface area (Å²) in [5, 5.41) is 2.70. The summed E-state index contributed by atoms with van der Waals surface area (Å²) in [6.07, 6.45) is 6.34.